The van der Waals surface area contributed by atoms with E-state index >= 15 is 0 Å². The largest absolute Gasteiger partial charge is 0.410 e. The summed E-state index contributed by atoms with van der Waals surface area (Å²) in [6.07, 6.45) is 1.73. The minimum Gasteiger partial charge on any atom is -0.410 e. The molecule has 120 valence electrons. The van der Waals surface area contributed by atoms with Gasteiger partial charge in [0.1, 0.15) is 5.71 Å². The highest BCUT2D eigenvalue weighted by atomic mass is 16.4. The van der Waals surface area contributed by atoms with Gasteiger partial charge in [0.05, 0.1) is 17.1 Å². The molecule has 4 nitrogen and oxygen atoms in total. The van der Waals surface area contributed by atoms with Crippen molar-refractivity contribution in [2.45, 2.75) is 0 Å². The maximum absolute atomic E-state index is 9.60. The Morgan fingerprint density at radius 3 is 2.36 bits per heavy atom. The molecule has 2 aromatic heterocycles. The molecule has 0 bridgehead atoms. The van der Waals surface area contributed by atoms with Crippen LogP contribution in [0.25, 0.3) is 22.2 Å². The highest BCUT2D eigenvalue weighted by Gasteiger charge is 2.12. The number of nitrogens with zero attached hydrogens (tertiary/aromatic N) is 3. The number of hydrogen-bond donors (Lipinski definition) is 1. The summed E-state index contributed by atoms with van der Waals surface area (Å²) in [6, 6.07) is 25.3. The molecule has 0 amide bonds. The van der Waals surface area contributed by atoms with E-state index in [0.29, 0.717) is 11.4 Å². The minimum absolute atomic E-state index is 0.434. The van der Waals surface area contributed by atoms with Crippen molar-refractivity contribution in [1.82, 2.24) is 9.97 Å². The zero-order valence-corrected chi connectivity index (χ0v) is 13.4. The molecule has 2 aromatic carbocycles. The van der Waals surface area contributed by atoms with E-state index in [4.69, 9.17) is 0 Å². The van der Waals surface area contributed by atoms with Crippen LogP contribution in [0.5, 0.6) is 0 Å². The van der Waals surface area contributed by atoms with Gasteiger partial charge in [0.15, 0.2) is 0 Å². The zero-order valence-electron chi connectivity index (χ0n) is 13.4. The van der Waals surface area contributed by atoms with Gasteiger partial charge in [-0.2, -0.15) is 0 Å². The molecule has 25 heavy (non-hydrogen) atoms. The average Bonchev–Trinajstić information content (AvgIpc) is 2.69. The average molecular weight is 325 g/mol. The van der Waals surface area contributed by atoms with Crippen LogP contribution in [-0.2, 0) is 0 Å². The Morgan fingerprint density at radius 2 is 1.56 bits per heavy atom. The summed E-state index contributed by atoms with van der Waals surface area (Å²) in [5.74, 6) is 0. The molecule has 0 radical (unpaired) electrons. The van der Waals surface area contributed by atoms with Crippen molar-refractivity contribution in [2.75, 3.05) is 0 Å². The Balaban J connectivity index is 1.78. The first kappa shape index (κ1) is 15.0. The third-order valence-corrected chi connectivity index (χ3v) is 4.04. The zero-order chi connectivity index (χ0) is 17.1. The smallest absolute Gasteiger partial charge is 0.135 e. The maximum Gasteiger partial charge on any atom is 0.135 e. The van der Waals surface area contributed by atoms with E-state index in [9.17, 15) is 5.21 Å². The normalized spacial score (nSPS) is 11.6. The van der Waals surface area contributed by atoms with E-state index in [2.05, 4.69) is 21.2 Å². The highest BCUT2D eigenvalue weighted by Crippen LogP contribution is 2.20. The van der Waals surface area contributed by atoms with Crippen molar-refractivity contribution in [3.8, 4) is 11.4 Å². The maximum atomic E-state index is 9.60. The lowest BCUT2D eigenvalue weighted by atomic mass is 10.0. The molecule has 0 saturated heterocycles. The molecule has 0 aliphatic rings. The van der Waals surface area contributed by atoms with Crippen LogP contribution in [0.3, 0.4) is 0 Å². The van der Waals surface area contributed by atoms with Crippen molar-refractivity contribution < 1.29 is 5.21 Å². The fourth-order valence-corrected chi connectivity index (χ4v) is 2.82. The first-order valence-electron chi connectivity index (χ1n) is 7.95. The van der Waals surface area contributed by atoms with E-state index in [-0.39, 0.29) is 0 Å². The molecule has 4 aromatic rings. The van der Waals surface area contributed by atoms with Crippen molar-refractivity contribution >= 4 is 16.5 Å². The van der Waals surface area contributed by atoms with Crippen LogP contribution >= 0.6 is 0 Å². The molecule has 4 heteroatoms. The number of pyridine rings is 2. The van der Waals surface area contributed by atoms with E-state index in [0.717, 1.165) is 27.7 Å². The lowest BCUT2D eigenvalue weighted by Crippen LogP contribution is -2.06. The quantitative estimate of drug-likeness (QED) is 0.342. The van der Waals surface area contributed by atoms with Crippen LogP contribution in [0.2, 0.25) is 0 Å². The SMILES string of the molecule is O/N=C(/c1ccc2ccccc2c1)c1cccc(-c2ccccn2)n1. The summed E-state index contributed by atoms with van der Waals surface area (Å²) in [4.78, 5) is 8.94. The second-order valence-electron chi connectivity index (χ2n) is 5.63. The van der Waals surface area contributed by atoms with E-state index in [1.165, 1.54) is 0 Å². The standard InChI is InChI=1S/C21H15N3O/c25-24-21(17-12-11-15-6-1-2-7-16(15)14-17)20-10-5-9-19(23-20)18-8-3-4-13-22-18/h1-14,25H/b24-21-. The molecular formula is C21H15N3O. The lowest BCUT2D eigenvalue weighted by molar-refractivity contribution is 0.319. The summed E-state index contributed by atoms with van der Waals surface area (Å²) in [7, 11) is 0. The Bertz CT molecular complexity index is 1060. The van der Waals surface area contributed by atoms with Gasteiger partial charge in [-0.1, -0.05) is 53.7 Å². The first-order chi connectivity index (χ1) is 12.3. The molecule has 0 saturated carbocycles. The predicted octanol–water partition coefficient (Wildman–Crippen LogP) is 4.52. The molecule has 2 heterocycles. The van der Waals surface area contributed by atoms with Crippen LogP contribution in [0.4, 0.5) is 0 Å². The highest BCUT2D eigenvalue weighted by molar-refractivity contribution is 6.13. The molecule has 0 aliphatic carbocycles. The molecule has 0 atom stereocenters. The van der Waals surface area contributed by atoms with Gasteiger partial charge in [0, 0.05) is 11.8 Å². The monoisotopic (exact) mass is 325 g/mol. The number of hydrogen-bond acceptors (Lipinski definition) is 4. The first-order valence-corrected chi connectivity index (χ1v) is 7.95. The third kappa shape index (κ3) is 2.97. The number of oxime groups is 1. The van der Waals surface area contributed by atoms with Crippen LogP contribution in [0.15, 0.2) is 90.2 Å². The van der Waals surface area contributed by atoms with Crippen LogP contribution in [-0.4, -0.2) is 20.9 Å². The van der Waals surface area contributed by atoms with Gasteiger partial charge in [-0.05, 0) is 41.1 Å². The van der Waals surface area contributed by atoms with Gasteiger partial charge in [-0.15, -0.1) is 0 Å². The van der Waals surface area contributed by atoms with Crippen molar-refractivity contribution in [1.29, 1.82) is 0 Å². The molecular weight excluding hydrogens is 310 g/mol. The van der Waals surface area contributed by atoms with Gasteiger partial charge < -0.3 is 5.21 Å². The van der Waals surface area contributed by atoms with Crippen molar-refractivity contribution in [3.05, 3.63) is 96.3 Å². The van der Waals surface area contributed by atoms with Gasteiger partial charge in [0.25, 0.3) is 0 Å². The van der Waals surface area contributed by atoms with Gasteiger partial charge in [-0.3, -0.25) is 4.98 Å². The van der Waals surface area contributed by atoms with E-state index < -0.39 is 0 Å². The van der Waals surface area contributed by atoms with E-state index in [1.807, 2.05) is 72.8 Å². The van der Waals surface area contributed by atoms with Crippen molar-refractivity contribution in [3.63, 3.8) is 0 Å². The predicted molar refractivity (Wildman–Crippen MR) is 98.8 cm³/mol. The molecule has 4 rings (SSSR count). The van der Waals surface area contributed by atoms with E-state index in [1.54, 1.807) is 6.20 Å². The second kappa shape index (κ2) is 6.53. The second-order valence-corrected chi connectivity index (χ2v) is 5.63. The Labute approximate surface area is 145 Å². The number of aromatic nitrogens is 2. The van der Waals surface area contributed by atoms with Crippen LogP contribution < -0.4 is 0 Å². The summed E-state index contributed by atoms with van der Waals surface area (Å²) in [5, 5.41) is 15.3. The van der Waals surface area contributed by atoms with Gasteiger partial charge >= 0.3 is 0 Å². The molecule has 1 N–H and O–H groups in total. The number of benzene rings is 2. The fourth-order valence-electron chi connectivity index (χ4n) is 2.82. The van der Waals surface area contributed by atoms with Crippen molar-refractivity contribution in [2.24, 2.45) is 5.16 Å². The van der Waals surface area contributed by atoms with Gasteiger partial charge in [-0.25, -0.2) is 4.98 Å². The molecule has 0 unspecified atom stereocenters. The van der Waals surface area contributed by atoms with Gasteiger partial charge in [0.2, 0.25) is 0 Å². The number of rotatable bonds is 3. The lowest BCUT2D eigenvalue weighted by Gasteiger charge is -2.08. The summed E-state index contributed by atoms with van der Waals surface area (Å²) < 4.78 is 0. The fraction of sp³-hybridized carbons (Fsp3) is 0. The third-order valence-electron chi connectivity index (χ3n) is 4.04. The molecule has 0 fully saturated rings. The molecule has 0 spiro atoms. The Kier molecular flexibility index (Phi) is 3.92. The van der Waals surface area contributed by atoms with Crippen LogP contribution in [0.1, 0.15) is 11.3 Å². The summed E-state index contributed by atoms with van der Waals surface area (Å²) in [6.45, 7) is 0. The number of fused-ring (bicyclic) bond motifs is 1. The topological polar surface area (TPSA) is 58.4 Å². The summed E-state index contributed by atoms with van der Waals surface area (Å²) in [5.41, 5.74) is 3.36. The summed E-state index contributed by atoms with van der Waals surface area (Å²) >= 11 is 0. The Morgan fingerprint density at radius 1 is 0.760 bits per heavy atom. The molecule has 0 aliphatic heterocycles. The van der Waals surface area contributed by atoms with Crippen LogP contribution in [0, 0.1) is 0 Å². The Hall–Kier alpha value is -3.53. The minimum atomic E-state index is 0.434.